The van der Waals surface area contributed by atoms with E-state index < -0.39 is 0 Å². The summed E-state index contributed by atoms with van der Waals surface area (Å²) < 4.78 is 5.31. The number of aromatic nitrogens is 1. The Morgan fingerprint density at radius 3 is 3.13 bits per heavy atom. The smallest absolute Gasteiger partial charge is 0.226 e. The number of aryl methyl sites for hydroxylation is 2. The van der Waals surface area contributed by atoms with Crippen molar-refractivity contribution < 1.29 is 9.53 Å². The number of nitrogens with zero attached hydrogens (tertiary/aromatic N) is 1. The van der Waals surface area contributed by atoms with Crippen molar-refractivity contribution in [2.45, 2.75) is 32.1 Å². The zero-order valence-electron chi connectivity index (χ0n) is 13.0. The van der Waals surface area contributed by atoms with Gasteiger partial charge >= 0.3 is 0 Å². The molecule has 4 nitrogen and oxygen atoms in total. The average molecular weight is 328 g/mol. The van der Waals surface area contributed by atoms with Gasteiger partial charge < -0.3 is 10.1 Å². The van der Waals surface area contributed by atoms with Gasteiger partial charge in [0.05, 0.1) is 5.69 Å². The average Bonchev–Trinajstić information content (AvgIpc) is 3.27. The van der Waals surface area contributed by atoms with Gasteiger partial charge in [0.1, 0.15) is 0 Å². The molecule has 0 saturated carbocycles. The van der Waals surface area contributed by atoms with Gasteiger partial charge in [-0.15, -0.1) is 11.3 Å². The minimum atomic E-state index is 0.0374. The van der Waals surface area contributed by atoms with Gasteiger partial charge in [-0.1, -0.05) is 12.1 Å². The fourth-order valence-corrected chi connectivity index (χ4v) is 4.11. The predicted octanol–water partition coefficient (Wildman–Crippen LogP) is 3.66. The van der Waals surface area contributed by atoms with Crippen LogP contribution in [0.5, 0.6) is 0 Å². The number of fused-ring (bicyclic) bond motifs is 1. The minimum Gasteiger partial charge on any atom is -0.381 e. The third kappa shape index (κ3) is 3.31. The van der Waals surface area contributed by atoms with Crippen molar-refractivity contribution in [3.8, 4) is 11.3 Å². The van der Waals surface area contributed by atoms with Crippen LogP contribution >= 0.6 is 11.3 Å². The highest BCUT2D eigenvalue weighted by molar-refractivity contribution is 7.14. The van der Waals surface area contributed by atoms with Crippen LogP contribution < -0.4 is 5.32 Å². The summed E-state index contributed by atoms with van der Waals surface area (Å²) >= 11 is 1.49. The van der Waals surface area contributed by atoms with Gasteiger partial charge in [0.25, 0.3) is 0 Å². The van der Waals surface area contributed by atoms with E-state index in [1.54, 1.807) is 0 Å². The first-order valence-corrected chi connectivity index (χ1v) is 9.11. The first-order valence-electron chi connectivity index (χ1n) is 8.23. The monoisotopic (exact) mass is 328 g/mol. The normalized spacial score (nSPS) is 19.7. The van der Waals surface area contributed by atoms with Crippen molar-refractivity contribution in [3.05, 3.63) is 34.7 Å². The summed E-state index contributed by atoms with van der Waals surface area (Å²) in [5.74, 6) is 0.390. The molecule has 1 aliphatic heterocycles. The van der Waals surface area contributed by atoms with Crippen molar-refractivity contribution in [2.75, 3.05) is 18.5 Å². The number of amides is 1. The maximum absolute atomic E-state index is 12.1. The maximum atomic E-state index is 12.1. The van der Waals surface area contributed by atoms with E-state index in [4.69, 9.17) is 4.74 Å². The molecule has 0 bridgehead atoms. The maximum Gasteiger partial charge on any atom is 0.226 e. The zero-order valence-corrected chi connectivity index (χ0v) is 13.8. The van der Waals surface area contributed by atoms with Crippen molar-refractivity contribution in [1.29, 1.82) is 0 Å². The summed E-state index contributed by atoms with van der Waals surface area (Å²) in [6.45, 7) is 1.48. The number of benzene rings is 1. The Labute approximate surface area is 139 Å². The summed E-state index contributed by atoms with van der Waals surface area (Å²) in [6, 6.07) is 6.61. The van der Waals surface area contributed by atoms with Gasteiger partial charge in [0.2, 0.25) is 5.91 Å². The molecule has 120 valence electrons. The number of anilines is 1. The van der Waals surface area contributed by atoms with E-state index in [9.17, 15) is 4.79 Å². The van der Waals surface area contributed by atoms with E-state index >= 15 is 0 Å². The summed E-state index contributed by atoms with van der Waals surface area (Å²) in [6.07, 6.45) is 5.11. The van der Waals surface area contributed by atoms with Crippen LogP contribution in [0.3, 0.4) is 0 Å². The standard InChI is InChI=1S/C18H20N2O2S/c21-17(8-12-6-7-22-10-12)20-18-19-16(11-23-18)15-5-4-13-2-1-3-14(13)9-15/h4-5,9,11-12H,1-3,6-8,10H2,(H,19,20,21). The van der Waals surface area contributed by atoms with Crippen molar-refractivity contribution >= 4 is 22.4 Å². The van der Waals surface area contributed by atoms with Crippen molar-refractivity contribution in [3.63, 3.8) is 0 Å². The number of carbonyl (C=O) groups is 1. The van der Waals surface area contributed by atoms with Crippen LogP contribution in [0.1, 0.15) is 30.4 Å². The second kappa shape index (κ2) is 6.42. The highest BCUT2D eigenvalue weighted by Gasteiger charge is 2.20. The fourth-order valence-electron chi connectivity index (χ4n) is 3.37. The SMILES string of the molecule is O=C(CC1CCOC1)Nc1nc(-c2ccc3c(c2)CCC3)cs1. The molecular formula is C18H20N2O2S. The quantitative estimate of drug-likeness (QED) is 0.932. The topological polar surface area (TPSA) is 51.2 Å². The van der Waals surface area contributed by atoms with E-state index in [0.29, 0.717) is 24.1 Å². The van der Waals surface area contributed by atoms with Crippen LogP contribution in [0.4, 0.5) is 5.13 Å². The Balaban J connectivity index is 1.43. The summed E-state index contributed by atoms with van der Waals surface area (Å²) in [4.78, 5) is 16.6. The Bertz CT molecular complexity index is 720. The van der Waals surface area contributed by atoms with Crippen LogP contribution in [-0.4, -0.2) is 24.1 Å². The molecule has 1 saturated heterocycles. The molecule has 23 heavy (non-hydrogen) atoms. The minimum absolute atomic E-state index is 0.0374. The zero-order chi connectivity index (χ0) is 15.6. The molecule has 2 aliphatic rings. The molecule has 1 atom stereocenters. The number of hydrogen-bond donors (Lipinski definition) is 1. The molecule has 1 N–H and O–H groups in total. The Kier molecular flexibility index (Phi) is 4.14. The largest absolute Gasteiger partial charge is 0.381 e. The third-order valence-electron chi connectivity index (χ3n) is 4.64. The van der Waals surface area contributed by atoms with Gasteiger partial charge in [-0.2, -0.15) is 0 Å². The van der Waals surface area contributed by atoms with Crippen molar-refractivity contribution in [2.24, 2.45) is 5.92 Å². The lowest BCUT2D eigenvalue weighted by Gasteiger charge is -2.06. The number of ether oxygens (including phenoxy) is 1. The number of carbonyl (C=O) groups excluding carboxylic acids is 1. The first-order chi connectivity index (χ1) is 11.3. The van der Waals surface area contributed by atoms with Gasteiger partial charge in [0.15, 0.2) is 5.13 Å². The molecule has 0 radical (unpaired) electrons. The molecule has 0 spiro atoms. The van der Waals surface area contributed by atoms with E-state index in [-0.39, 0.29) is 5.91 Å². The van der Waals surface area contributed by atoms with Crippen LogP contribution in [0.2, 0.25) is 0 Å². The molecule has 1 aliphatic carbocycles. The third-order valence-corrected chi connectivity index (χ3v) is 5.40. The number of hydrogen-bond acceptors (Lipinski definition) is 4. The number of nitrogens with one attached hydrogen (secondary N) is 1. The lowest BCUT2D eigenvalue weighted by Crippen LogP contribution is -2.16. The van der Waals surface area contributed by atoms with Gasteiger partial charge in [-0.05, 0) is 48.8 Å². The summed E-state index contributed by atoms with van der Waals surface area (Å²) in [5, 5.41) is 5.63. The number of thiazole rings is 1. The first kappa shape index (κ1) is 14.8. The Morgan fingerprint density at radius 1 is 1.35 bits per heavy atom. The van der Waals surface area contributed by atoms with Crippen LogP contribution in [0.25, 0.3) is 11.3 Å². The highest BCUT2D eigenvalue weighted by atomic mass is 32.1. The second-order valence-corrected chi connectivity index (χ2v) is 7.21. The van der Waals surface area contributed by atoms with Gasteiger partial charge in [-0.25, -0.2) is 4.98 Å². The summed E-state index contributed by atoms with van der Waals surface area (Å²) in [7, 11) is 0. The lowest BCUT2D eigenvalue weighted by atomic mass is 10.0. The molecular weight excluding hydrogens is 308 g/mol. The second-order valence-electron chi connectivity index (χ2n) is 6.36. The molecule has 2 heterocycles. The fraction of sp³-hybridized carbons (Fsp3) is 0.444. The number of rotatable bonds is 4. The lowest BCUT2D eigenvalue weighted by molar-refractivity contribution is -0.117. The van der Waals surface area contributed by atoms with E-state index in [1.807, 2.05) is 5.38 Å². The summed E-state index contributed by atoms with van der Waals surface area (Å²) in [5.41, 5.74) is 5.01. The van der Waals surface area contributed by atoms with Crippen LogP contribution in [-0.2, 0) is 22.4 Å². The van der Waals surface area contributed by atoms with Crippen LogP contribution in [0.15, 0.2) is 23.6 Å². The molecule has 1 aromatic carbocycles. The predicted molar refractivity (Wildman–Crippen MR) is 91.7 cm³/mol. The van der Waals surface area contributed by atoms with E-state index in [2.05, 4.69) is 28.5 Å². The van der Waals surface area contributed by atoms with E-state index in [1.165, 1.54) is 41.7 Å². The molecule has 1 aromatic heterocycles. The molecule has 1 amide bonds. The Hall–Kier alpha value is -1.72. The van der Waals surface area contributed by atoms with Crippen LogP contribution in [0, 0.1) is 5.92 Å². The molecule has 2 aromatic rings. The Morgan fingerprint density at radius 2 is 2.26 bits per heavy atom. The van der Waals surface area contributed by atoms with Gasteiger partial charge in [-0.3, -0.25) is 4.79 Å². The molecule has 5 heteroatoms. The molecule has 1 fully saturated rings. The highest BCUT2D eigenvalue weighted by Crippen LogP contribution is 2.30. The van der Waals surface area contributed by atoms with E-state index in [0.717, 1.165) is 24.3 Å². The van der Waals surface area contributed by atoms with Crippen molar-refractivity contribution in [1.82, 2.24) is 4.98 Å². The van der Waals surface area contributed by atoms with Gasteiger partial charge in [0, 0.05) is 30.6 Å². The molecule has 1 unspecified atom stereocenters. The molecule has 4 rings (SSSR count).